The van der Waals surface area contributed by atoms with Gasteiger partial charge in [0.1, 0.15) is 0 Å². The molecule has 6 nitrogen and oxygen atoms in total. The molecule has 1 fully saturated rings. The minimum atomic E-state index is -6.09. The van der Waals surface area contributed by atoms with E-state index in [1.807, 2.05) is 0 Å². The van der Waals surface area contributed by atoms with Crippen LogP contribution in [0, 0.1) is 29.6 Å². The van der Waals surface area contributed by atoms with Gasteiger partial charge in [0.25, 0.3) is 0 Å². The Kier molecular flexibility index (Phi) is 10.0. The van der Waals surface area contributed by atoms with E-state index in [9.17, 15) is 26.3 Å². The van der Waals surface area contributed by atoms with Crippen molar-refractivity contribution in [2.75, 3.05) is 0 Å². The summed E-state index contributed by atoms with van der Waals surface area (Å²) in [6.45, 7) is 3.85. The molecule has 0 aliphatic heterocycles. The summed E-state index contributed by atoms with van der Waals surface area (Å²) in [5, 5.41) is 0. The van der Waals surface area contributed by atoms with E-state index >= 15 is 0 Å². The monoisotopic (exact) mass is 576 g/mol. The third-order valence-corrected chi connectivity index (χ3v) is 5.80. The first-order chi connectivity index (χ1) is 12.9. The minimum absolute atomic E-state index is 0. The summed E-state index contributed by atoms with van der Waals surface area (Å²) in [7, 11) is -12.2. The van der Waals surface area contributed by atoms with Gasteiger partial charge in [0.05, 0.1) is 0 Å². The molecule has 0 N–H and O–H groups in total. The van der Waals surface area contributed by atoms with E-state index in [0.717, 1.165) is 29.6 Å². The van der Waals surface area contributed by atoms with Crippen molar-refractivity contribution in [3.63, 3.8) is 0 Å². The molecule has 0 radical (unpaired) electrons. The molecule has 0 heterocycles. The van der Waals surface area contributed by atoms with Gasteiger partial charge in [0, 0.05) is 0 Å². The van der Waals surface area contributed by atoms with Gasteiger partial charge in [-0.25, -0.2) is 16.8 Å². The summed E-state index contributed by atoms with van der Waals surface area (Å²) >= 11 is 0. The van der Waals surface area contributed by atoms with Gasteiger partial charge in [-0.05, 0) is 42.4 Å². The van der Waals surface area contributed by atoms with E-state index in [4.69, 9.17) is 25.9 Å². The average Bonchev–Trinajstić information content (AvgIpc) is 3.18. The quantitative estimate of drug-likeness (QED) is 0.164. The fourth-order valence-corrected chi connectivity index (χ4v) is 3.60. The number of fused-ring (bicyclic) bond motifs is 5. The van der Waals surface area contributed by atoms with E-state index in [0.29, 0.717) is 0 Å². The molecule has 0 aromatic rings. The number of hydrogen-bond donors (Lipinski definition) is 0. The van der Waals surface area contributed by atoms with E-state index in [-0.39, 0.29) is 20.4 Å². The van der Waals surface area contributed by atoms with Crippen LogP contribution in [0.4, 0.5) is 26.3 Å². The molecule has 5 atom stereocenters. The second-order valence-electron chi connectivity index (χ2n) is 6.48. The molecule has 2 bridgehead atoms. The molecule has 3 rings (SSSR count). The SMILES string of the molecule is C=CCC1C=CC2C3C=CC(C3)C12.O=S(=O)([O-])C(F)(F)F.O=S(=O)([O-])C(F)(F)F.[Pd+2]. The maximum Gasteiger partial charge on any atom is 2.00 e. The van der Waals surface area contributed by atoms with Gasteiger partial charge in [-0.3, -0.25) is 0 Å². The predicted octanol–water partition coefficient (Wildman–Crippen LogP) is 3.29. The van der Waals surface area contributed by atoms with E-state index in [2.05, 4.69) is 37.0 Å². The Balaban J connectivity index is 0.000000440. The standard InChI is InChI=1S/C13H16.2CHF3O3S.Pd/c1-2-3-9-6-7-12-10-4-5-11(8-10)13(9)12;2*2-1(3,4)8(5,6)7;/h2,4-7,9-13H,1,3,8H2;2*(H,5,6,7);/q;;;+2/p-2. The van der Waals surface area contributed by atoms with Crippen LogP contribution < -0.4 is 0 Å². The van der Waals surface area contributed by atoms with Crippen molar-refractivity contribution in [2.24, 2.45) is 29.6 Å². The molecule has 0 aromatic heterocycles. The number of alkyl halides is 6. The topological polar surface area (TPSA) is 114 Å². The molecule has 5 unspecified atom stereocenters. The van der Waals surface area contributed by atoms with Gasteiger partial charge in [0.2, 0.25) is 0 Å². The van der Waals surface area contributed by atoms with E-state index < -0.39 is 31.3 Å². The first-order valence-electron chi connectivity index (χ1n) is 7.92. The Morgan fingerprint density at radius 2 is 1.27 bits per heavy atom. The maximum atomic E-state index is 10.7. The summed E-state index contributed by atoms with van der Waals surface area (Å²) in [6.07, 6.45) is 14.5. The van der Waals surface area contributed by atoms with Gasteiger partial charge >= 0.3 is 31.4 Å². The second-order valence-corrected chi connectivity index (χ2v) is 9.22. The van der Waals surface area contributed by atoms with Crippen molar-refractivity contribution in [3.05, 3.63) is 37.0 Å². The third-order valence-electron chi connectivity index (χ3n) is 4.66. The molecule has 0 spiro atoms. The number of halogens is 6. The fourth-order valence-electron chi connectivity index (χ4n) is 3.60. The van der Waals surface area contributed by atoms with Crippen molar-refractivity contribution in [1.29, 1.82) is 0 Å². The molecule has 0 saturated heterocycles. The summed E-state index contributed by atoms with van der Waals surface area (Å²) in [5.74, 6) is 4.35. The number of allylic oxidation sites excluding steroid dienone is 5. The summed E-state index contributed by atoms with van der Waals surface area (Å²) in [4.78, 5) is 0. The normalized spacial score (nSPS) is 29.1. The Hall–Kier alpha value is -0.718. The molecule has 30 heavy (non-hydrogen) atoms. The van der Waals surface area contributed by atoms with Crippen LogP contribution in [0.2, 0.25) is 0 Å². The van der Waals surface area contributed by atoms with Crippen LogP contribution in [0.1, 0.15) is 12.8 Å². The minimum Gasteiger partial charge on any atom is -0.741 e. The predicted molar refractivity (Wildman–Crippen MR) is 86.7 cm³/mol. The van der Waals surface area contributed by atoms with Crippen LogP contribution in [-0.2, 0) is 40.7 Å². The number of hydrogen-bond acceptors (Lipinski definition) is 6. The van der Waals surface area contributed by atoms with Crippen LogP contribution in [0.3, 0.4) is 0 Å². The molecule has 3 aliphatic rings. The van der Waals surface area contributed by atoms with Gasteiger partial charge in [-0.1, -0.05) is 30.4 Å². The molecule has 1 saturated carbocycles. The smallest absolute Gasteiger partial charge is 0.741 e. The van der Waals surface area contributed by atoms with Crippen molar-refractivity contribution in [1.82, 2.24) is 0 Å². The van der Waals surface area contributed by atoms with Crippen molar-refractivity contribution < 1.29 is 72.7 Å². The molecule has 176 valence electrons. The van der Waals surface area contributed by atoms with Crippen LogP contribution in [0.5, 0.6) is 0 Å². The van der Waals surface area contributed by atoms with Crippen molar-refractivity contribution in [3.8, 4) is 0 Å². The summed E-state index contributed by atoms with van der Waals surface area (Å²) in [5.41, 5.74) is -11.3. The molecular weight excluding hydrogens is 561 g/mol. The van der Waals surface area contributed by atoms with Crippen LogP contribution in [-0.4, -0.2) is 37.0 Å². The molecule has 15 heteroatoms. The Bertz CT molecular complexity index is 821. The van der Waals surface area contributed by atoms with Crippen LogP contribution in [0.15, 0.2) is 37.0 Å². The Morgan fingerprint density at radius 1 is 0.867 bits per heavy atom. The van der Waals surface area contributed by atoms with Gasteiger partial charge in [0.15, 0.2) is 20.2 Å². The molecule has 3 aliphatic carbocycles. The zero-order chi connectivity index (χ0) is 22.8. The van der Waals surface area contributed by atoms with E-state index in [1.54, 1.807) is 0 Å². The maximum absolute atomic E-state index is 10.7. The Labute approximate surface area is 183 Å². The number of rotatable bonds is 2. The van der Waals surface area contributed by atoms with Gasteiger partial charge in [-0.15, -0.1) is 6.58 Å². The van der Waals surface area contributed by atoms with Crippen molar-refractivity contribution >= 4 is 20.2 Å². The molecule has 0 amide bonds. The van der Waals surface area contributed by atoms with Crippen LogP contribution in [0.25, 0.3) is 0 Å². The first kappa shape index (κ1) is 29.3. The van der Waals surface area contributed by atoms with Crippen molar-refractivity contribution in [2.45, 2.75) is 23.9 Å². The fraction of sp³-hybridized carbons (Fsp3) is 0.600. The molecular formula is C15H16F6O6PdS2. The second kappa shape index (κ2) is 10.3. The van der Waals surface area contributed by atoms with Crippen LogP contribution >= 0.6 is 0 Å². The third kappa shape index (κ3) is 7.45. The van der Waals surface area contributed by atoms with E-state index in [1.165, 1.54) is 12.8 Å². The average molecular weight is 577 g/mol. The zero-order valence-electron chi connectivity index (χ0n) is 14.7. The van der Waals surface area contributed by atoms with Gasteiger partial charge < -0.3 is 9.11 Å². The first-order valence-corrected chi connectivity index (χ1v) is 10.7. The summed E-state index contributed by atoms with van der Waals surface area (Å²) < 4.78 is 118. The van der Waals surface area contributed by atoms with Gasteiger partial charge in [-0.2, -0.15) is 26.3 Å². The molecule has 0 aromatic carbocycles. The Morgan fingerprint density at radius 3 is 1.63 bits per heavy atom. The zero-order valence-corrected chi connectivity index (χ0v) is 17.9. The largest absolute Gasteiger partial charge is 2.00 e. The summed E-state index contributed by atoms with van der Waals surface area (Å²) in [6, 6.07) is 0.